The fourth-order valence-electron chi connectivity index (χ4n) is 2.77. The van der Waals surface area contributed by atoms with Crippen LogP contribution in [0.1, 0.15) is 37.7 Å². The Morgan fingerprint density at radius 1 is 1.25 bits per heavy atom. The highest BCUT2D eigenvalue weighted by molar-refractivity contribution is 5.92. The smallest absolute Gasteiger partial charge is 0.274 e. The quantitative estimate of drug-likeness (QED) is 0.544. The van der Waals surface area contributed by atoms with Crippen LogP contribution in [-0.2, 0) is 9.59 Å². The van der Waals surface area contributed by atoms with Crippen LogP contribution in [0, 0.1) is 23.0 Å². The van der Waals surface area contributed by atoms with E-state index < -0.39 is 10.8 Å². The number of carbonyl (C=O) groups excluding carboxylic acids is 2. The van der Waals surface area contributed by atoms with Crippen LogP contribution in [0.15, 0.2) is 18.2 Å². The van der Waals surface area contributed by atoms with Gasteiger partial charge in [-0.25, -0.2) is 5.43 Å². The lowest BCUT2D eigenvalue weighted by Gasteiger charge is -2.20. The summed E-state index contributed by atoms with van der Waals surface area (Å²) in [5.74, 6) is -0.473. The van der Waals surface area contributed by atoms with Crippen LogP contribution in [0.3, 0.4) is 0 Å². The molecule has 2 rings (SSSR count). The lowest BCUT2D eigenvalue weighted by molar-refractivity contribution is -0.385. The monoisotopic (exact) mass is 334 g/mol. The standard InChI is InChI=1S/C16H22N4O4/c1-11-7-8-13(9-14(11)20(23)24)18-15(21)10-17-19-16(22)12-5-3-2-4-6-12/h7-9,12,17H,2-6,10H2,1H3,(H,18,21)(H,19,22). The minimum atomic E-state index is -0.492. The predicted octanol–water partition coefficient (Wildman–Crippen LogP) is 2.04. The number of nitro benzene ring substituents is 1. The summed E-state index contributed by atoms with van der Waals surface area (Å²) in [5, 5.41) is 13.5. The van der Waals surface area contributed by atoms with Crippen molar-refractivity contribution < 1.29 is 14.5 Å². The zero-order valence-electron chi connectivity index (χ0n) is 13.6. The summed E-state index contributed by atoms with van der Waals surface area (Å²) in [4.78, 5) is 34.2. The van der Waals surface area contributed by atoms with E-state index in [-0.39, 0.29) is 24.1 Å². The molecule has 1 saturated carbocycles. The summed E-state index contributed by atoms with van der Waals surface area (Å²) in [7, 11) is 0. The third-order valence-electron chi connectivity index (χ3n) is 4.13. The molecule has 0 saturated heterocycles. The van der Waals surface area contributed by atoms with Crippen LogP contribution in [0.5, 0.6) is 0 Å². The van der Waals surface area contributed by atoms with E-state index in [2.05, 4.69) is 16.2 Å². The lowest BCUT2D eigenvalue weighted by atomic mass is 9.89. The highest BCUT2D eigenvalue weighted by Gasteiger charge is 2.20. The van der Waals surface area contributed by atoms with Crippen molar-refractivity contribution in [3.05, 3.63) is 33.9 Å². The Hall–Kier alpha value is -2.48. The molecule has 1 aliphatic carbocycles. The van der Waals surface area contributed by atoms with Gasteiger partial charge in [-0.3, -0.25) is 25.1 Å². The number of nitro groups is 1. The van der Waals surface area contributed by atoms with E-state index in [4.69, 9.17) is 0 Å². The highest BCUT2D eigenvalue weighted by atomic mass is 16.6. The molecule has 0 spiro atoms. The van der Waals surface area contributed by atoms with Gasteiger partial charge in [0.05, 0.1) is 11.5 Å². The van der Waals surface area contributed by atoms with E-state index in [1.165, 1.54) is 12.5 Å². The van der Waals surface area contributed by atoms with E-state index in [1.54, 1.807) is 19.1 Å². The van der Waals surface area contributed by atoms with Gasteiger partial charge in [0.15, 0.2) is 0 Å². The summed E-state index contributed by atoms with van der Waals surface area (Å²) in [5.41, 5.74) is 5.97. The third-order valence-corrected chi connectivity index (χ3v) is 4.13. The number of benzene rings is 1. The average Bonchev–Trinajstić information content (AvgIpc) is 2.57. The second kappa shape index (κ2) is 8.39. The molecule has 0 radical (unpaired) electrons. The molecule has 0 aliphatic heterocycles. The minimum absolute atomic E-state index is 0.00839. The van der Waals surface area contributed by atoms with Gasteiger partial charge in [0.1, 0.15) is 0 Å². The Morgan fingerprint density at radius 2 is 1.96 bits per heavy atom. The van der Waals surface area contributed by atoms with Gasteiger partial charge in [0, 0.05) is 23.2 Å². The first-order valence-electron chi connectivity index (χ1n) is 8.05. The molecule has 8 nitrogen and oxygen atoms in total. The number of nitrogens with zero attached hydrogens (tertiary/aromatic N) is 1. The molecule has 2 amide bonds. The van der Waals surface area contributed by atoms with E-state index in [0.717, 1.165) is 25.7 Å². The van der Waals surface area contributed by atoms with Crippen molar-refractivity contribution in [2.45, 2.75) is 39.0 Å². The second-order valence-corrected chi connectivity index (χ2v) is 5.98. The van der Waals surface area contributed by atoms with Gasteiger partial charge in [0.25, 0.3) is 5.69 Å². The molecule has 1 fully saturated rings. The molecule has 1 aliphatic rings. The maximum absolute atomic E-state index is 11.9. The highest BCUT2D eigenvalue weighted by Crippen LogP contribution is 2.23. The van der Waals surface area contributed by atoms with E-state index in [9.17, 15) is 19.7 Å². The summed E-state index contributed by atoms with van der Waals surface area (Å²) >= 11 is 0. The molecule has 1 aromatic carbocycles. The fourth-order valence-corrected chi connectivity index (χ4v) is 2.77. The van der Waals surface area contributed by atoms with Gasteiger partial charge in [-0.2, -0.15) is 0 Å². The number of nitrogens with one attached hydrogen (secondary N) is 3. The summed E-state index contributed by atoms with van der Waals surface area (Å²) in [6.45, 7) is 1.52. The van der Waals surface area contributed by atoms with Crippen molar-refractivity contribution in [2.24, 2.45) is 5.92 Å². The number of hydrogen-bond acceptors (Lipinski definition) is 5. The molecule has 0 unspecified atom stereocenters. The molecule has 1 aromatic rings. The van der Waals surface area contributed by atoms with E-state index in [1.807, 2.05) is 0 Å². The molecule has 8 heteroatoms. The Labute approximate surface area is 140 Å². The summed E-state index contributed by atoms with van der Waals surface area (Å²) in [6.07, 6.45) is 5.05. The van der Waals surface area contributed by atoms with Crippen molar-refractivity contribution in [1.29, 1.82) is 0 Å². The van der Waals surface area contributed by atoms with Gasteiger partial charge in [-0.05, 0) is 25.8 Å². The topological polar surface area (TPSA) is 113 Å². The van der Waals surface area contributed by atoms with Crippen molar-refractivity contribution in [3.8, 4) is 0 Å². The molecule has 130 valence electrons. The van der Waals surface area contributed by atoms with Gasteiger partial charge in [0.2, 0.25) is 11.8 Å². The average molecular weight is 334 g/mol. The Morgan fingerprint density at radius 3 is 2.62 bits per heavy atom. The minimum Gasteiger partial charge on any atom is -0.325 e. The number of carbonyl (C=O) groups is 2. The van der Waals surface area contributed by atoms with Gasteiger partial charge in [-0.15, -0.1) is 0 Å². The number of anilines is 1. The van der Waals surface area contributed by atoms with Gasteiger partial charge >= 0.3 is 0 Å². The number of hydrazine groups is 1. The normalized spacial score (nSPS) is 14.9. The van der Waals surface area contributed by atoms with Crippen LogP contribution in [-0.4, -0.2) is 23.3 Å². The van der Waals surface area contributed by atoms with E-state index in [0.29, 0.717) is 11.3 Å². The van der Waals surface area contributed by atoms with Crippen molar-refractivity contribution in [3.63, 3.8) is 0 Å². The number of rotatable bonds is 6. The van der Waals surface area contributed by atoms with Crippen LogP contribution in [0.25, 0.3) is 0 Å². The molecule has 0 bridgehead atoms. The molecule has 0 atom stereocenters. The predicted molar refractivity (Wildman–Crippen MR) is 89.2 cm³/mol. The maximum atomic E-state index is 11.9. The SMILES string of the molecule is Cc1ccc(NC(=O)CNNC(=O)C2CCCCC2)cc1[N+](=O)[O-]. The third kappa shape index (κ3) is 5.02. The number of aryl methyl sites for hydroxylation is 1. The first kappa shape index (κ1) is 17.9. The molecular weight excluding hydrogens is 312 g/mol. The molecule has 24 heavy (non-hydrogen) atoms. The zero-order valence-corrected chi connectivity index (χ0v) is 13.6. The van der Waals surface area contributed by atoms with Crippen molar-refractivity contribution in [2.75, 3.05) is 11.9 Å². The van der Waals surface area contributed by atoms with Crippen molar-refractivity contribution >= 4 is 23.2 Å². The van der Waals surface area contributed by atoms with Crippen LogP contribution in [0.2, 0.25) is 0 Å². The van der Waals surface area contributed by atoms with Gasteiger partial charge in [-0.1, -0.05) is 25.3 Å². The fraction of sp³-hybridized carbons (Fsp3) is 0.500. The van der Waals surface area contributed by atoms with Crippen molar-refractivity contribution in [1.82, 2.24) is 10.9 Å². The zero-order chi connectivity index (χ0) is 17.5. The van der Waals surface area contributed by atoms with Crippen LogP contribution < -0.4 is 16.2 Å². The van der Waals surface area contributed by atoms with Gasteiger partial charge < -0.3 is 5.32 Å². The molecule has 0 heterocycles. The lowest BCUT2D eigenvalue weighted by Crippen LogP contribution is -2.45. The molecule has 0 aromatic heterocycles. The Balaban J connectivity index is 1.78. The molecule has 3 N–H and O–H groups in total. The maximum Gasteiger partial charge on any atom is 0.274 e. The molecular formula is C16H22N4O4. The van der Waals surface area contributed by atoms with E-state index >= 15 is 0 Å². The first-order valence-corrected chi connectivity index (χ1v) is 8.05. The number of amides is 2. The van der Waals surface area contributed by atoms with Crippen LogP contribution in [0.4, 0.5) is 11.4 Å². The number of hydrogen-bond donors (Lipinski definition) is 3. The van der Waals surface area contributed by atoms with Crippen LogP contribution >= 0.6 is 0 Å². The first-order chi connectivity index (χ1) is 11.5. The summed E-state index contributed by atoms with van der Waals surface area (Å²) in [6, 6.07) is 4.49. The second-order valence-electron chi connectivity index (χ2n) is 5.98. The Kier molecular flexibility index (Phi) is 6.25. The summed E-state index contributed by atoms with van der Waals surface area (Å²) < 4.78 is 0. The largest absolute Gasteiger partial charge is 0.325 e. The Bertz CT molecular complexity index is 627.